The third-order valence-corrected chi connectivity index (χ3v) is 4.95. The van der Waals surface area contributed by atoms with E-state index in [1.54, 1.807) is 18.7 Å². The zero-order valence-electron chi connectivity index (χ0n) is 11.0. The van der Waals surface area contributed by atoms with Crippen molar-refractivity contribution in [2.75, 3.05) is 17.8 Å². The SMILES string of the molecule is CC(C(=O)O)c1ccc(CSCCS(C)(=O)=O)cc1. The average Bonchev–Trinajstić information content (AvgIpc) is 2.33. The molecule has 1 rings (SSSR count). The Morgan fingerprint density at radius 2 is 1.89 bits per heavy atom. The molecule has 0 aromatic heterocycles. The molecular formula is C13H18O4S2. The average molecular weight is 302 g/mol. The molecule has 0 bridgehead atoms. The van der Waals surface area contributed by atoms with Crippen LogP contribution in [0, 0.1) is 0 Å². The lowest BCUT2D eigenvalue weighted by atomic mass is 10.0. The van der Waals surface area contributed by atoms with Gasteiger partial charge in [0.05, 0.1) is 11.7 Å². The van der Waals surface area contributed by atoms with Gasteiger partial charge in [-0.1, -0.05) is 24.3 Å². The number of benzene rings is 1. The summed E-state index contributed by atoms with van der Waals surface area (Å²) in [5, 5.41) is 8.89. The summed E-state index contributed by atoms with van der Waals surface area (Å²) in [6.45, 7) is 1.65. The van der Waals surface area contributed by atoms with Gasteiger partial charge < -0.3 is 5.11 Å². The molecule has 0 aliphatic carbocycles. The number of rotatable bonds is 7. The largest absolute Gasteiger partial charge is 0.481 e. The van der Waals surface area contributed by atoms with E-state index in [4.69, 9.17) is 5.11 Å². The van der Waals surface area contributed by atoms with Crippen molar-refractivity contribution in [2.45, 2.75) is 18.6 Å². The van der Waals surface area contributed by atoms with Gasteiger partial charge in [-0.05, 0) is 18.1 Å². The Kier molecular flexibility index (Phi) is 5.87. The van der Waals surface area contributed by atoms with Gasteiger partial charge in [0.2, 0.25) is 0 Å². The summed E-state index contributed by atoms with van der Waals surface area (Å²) in [5.41, 5.74) is 1.84. The maximum atomic E-state index is 11.0. The number of sulfone groups is 1. The molecule has 0 saturated carbocycles. The third kappa shape index (κ3) is 6.11. The fourth-order valence-corrected chi connectivity index (χ4v) is 3.70. The molecule has 0 saturated heterocycles. The molecule has 4 nitrogen and oxygen atoms in total. The highest BCUT2D eigenvalue weighted by molar-refractivity contribution is 7.99. The molecule has 1 aromatic carbocycles. The molecule has 0 radical (unpaired) electrons. The topological polar surface area (TPSA) is 71.4 Å². The van der Waals surface area contributed by atoms with Crippen LogP contribution in [0.15, 0.2) is 24.3 Å². The predicted octanol–water partition coefficient (Wildman–Crippen LogP) is 2.15. The van der Waals surface area contributed by atoms with Crippen molar-refractivity contribution in [3.05, 3.63) is 35.4 Å². The van der Waals surface area contributed by atoms with E-state index < -0.39 is 21.7 Å². The molecule has 106 valence electrons. The minimum atomic E-state index is -2.89. The maximum Gasteiger partial charge on any atom is 0.310 e. The van der Waals surface area contributed by atoms with Crippen LogP contribution in [-0.4, -0.2) is 37.3 Å². The number of carboxylic acid groups (broad SMARTS) is 1. The quantitative estimate of drug-likeness (QED) is 0.781. The van der Waals surface area contributed by atoms with Gasteiger partial charge in [-0.15, -0.1) is 0 Å². The van der Waals surface area contributed by atoms with Crippen LogP contribution in [-0.2, 0) is 20.4 Å². The summed E-state index contributed by atoms with van der Waals surface area (Å²) in [6, 6.07) is 7.40. The van der Waals surface area contributed by atoms with E-state index in [-0.39, 0.29) is 5.75 Å². The Hall–Kier alpha value is -1.01. The van der Waals surface area contributed by atoms with Gasteiger partial charge in [-0.3, -0.25) is 4.79 Å². The lowest BCUT2D eigenvalue weighted by Gasteiger charge is -2.07. The standard InChI is InChI=1S/C13H18O4S2/c1-10(13(14)15)12-5-3-11(4-6-12)9-18-7-8-19(2,16)17/h3-6,10H,7-9H2,1-2H3,(H,14,15). The number of carbonyl (C=O) groups is 1. The van der Waals surface area contributed by atoms with Crippen molar-refractivity contribution in [3.63, 3.8) is 0 Å². The van der Waals surface area contributed by atoms with Crippen LogP contribution in [0.3, 0.4) is 0 Å². The Morgan fingerprint density at radius 1 is 1.32 bits per heavy atom. The van der Waals surface area contributed by atoms with Gasteiger partial charge >= 0.3 is 5.97 Å². The van der Waals surface area contributed by atoms with Gasteiger partial charge in [0, 0.05) is 17.8 Å². The molecule has 6 heteroatoms. The Labute approximate surface area is 118 Å². The van der Waals surface area contributed by atoms with E-state index in [1.165, 1.54) is 6.26 Å². The molecule has 0 fully saturated rings. The van der Waals surface area contributed by atoms with Crippen LogP contribution in [0.2, 0.25) is 0 Å². The van der Waals surface area contributed by atoms with E-state index in [9.17, 15) is 13.2 Å². The number of carboxylic acids is 1. The van der Waals surface area contributed by atoms with Gasteiger partial charge in [0.1, 0.15) is 9.84 Å². The molecule has 0 aliphatic heterocycles. The highest BCUT2D eigenvalue weighted by atomic mass is 32.2. The Morgan fingerprint density at radius 3 is 2.37 bits per heavy atom. The van der Waals surface area contributed by atoms with Crippen molar-refractivity contribution in [1.29, 1.82) is 0 Å². The zero-order valence-corrected chi connectivity index (χ0v) is 12.6. The Bertz CT molecular complexity index is 520. The zero-order chi connectivity index (χ0) is 14.5. The van der Waals surface area contributed by atoms with Crippen molar-refractivity contribution in [1.82, 2.24) is 0 Å². The molecule has 1 aromatic rings. The molecule has 1 N–H and O–H groups in total. The number of hydrogen-bond acceptors (Lipinski definition) is 4. The summed E-state index contributed by atoms with van der Waals surface area (Å²) in [6.07, 6.45) is 1.23. The summed E-state index contributed by atoms with van der Waals surface area (Å²) in [5.74, 6) is 0.150. The highest BCUT2D eigenvalue weighted by Crippen LogP contribution is 2.18. The van der Waals surface area contributed by atoms with Crippen molar-refractivity contribution in [3.8, 4) is 0 Å². The lowest BCUT2D eigenvalue weighted by molar-refractivity contribution is -0.138. The number of thioether (sulfide) groups is 1. The normalized spacial score (nSPS) is 13.2. The van der Waals surface area contributed by atoms with E-state index in [2.05, 4.69) is 0 Å². The van der Waals surface area contributed by atoms with Gasteiger partial charge in [0.15, 0.2) is 0 Å². The molecule has 1 unspecified atom stereocenters. The van der Waals surface area contributed by atoms with E-state index in [0.29, 0.717) is 5.75 Å². The lowest BCUT2D eigenvalue weighted by Crippen LogP contribution is -2.07. The summed E-state index contributed by atoms with van der Waals surface area (Å²) in [4.78, 5) is 10.8. The smallest absolute Gasteiger partial charge is 0.310 e. The predicted molar refractivity (Wildman–Crippen MR) is 78.4 cm³/mol. The Balaban J connectivity index is 2.47. The number of aliphatic carboxylic acids is 1. The van der Waals surface area contributed by atoms with Crippen LogP contribution >= 0.6 is 11.8 Å². The van der Waals surface area contributed by atoms with Crippen molar-refractivity contribution >= 4 is 27.6 Å². The van der Waals surface area contributed by atoms with Crippen LogP contribution < -0.4 is 0 Å². The first-order chi connectivity index (χ1) is 8.79. The van der Waals surface area contributed by atoms with Crippen molar-refractivity contribution in [2.24, 2.45) is 0 Å². The minimum absolute atomic E-state index is 0.186. The highest BCUT2D eigenvalue weighted by Gasteiger charge is 2.12. The molecule has 1 atom stereocenters. The first-order valence-corrected chi connectivity index (χ1v) is 9.08. The first kappa shape index (κ1) is 16.0. The second-order valence-corrected chi connectivity index (χ2v) is 7.85. The second kappa shape index (κ2) is 6.96. The van der Waals surface area contributed by atoms with E-state index in [1.807, 2.05) is 24.3 Å². The molecule has 0 spiro atoms. The summed E-state index contributed by atoms with van der Waals surface area (Å²) < 4.78 is 21.9. The fraction of sp³-hybridized carbons (Fsp3) is 0.462. The monoisotopic (exact) mass is 302 g/mol. The molecule has 0 amide bonds. The fourth-order valence-electron chi connectivity index (χ4n) is 1.45. The second-order valence-electron chi connectivity index (χ2n) is 4.48. The van der Waals surface area contributed by atoms with Crippen LogP contribution in [0.4, 0.5) is 0 Å². The first-order valence-electron chi connectivity index (χ1n) is 5.86. The molecular weight excluding hydrogens is 284 g/mol. The maximum absolute atomic E-state index is 11.0. The van der Waals surface area contributed by atoms with Gasteiger partial charge in [0.25, 0.3) is 0 Å². The van der Waals surface area contributed by atoms with Crippen LogP contribution in [0.25, 0.3) is 0 Å². The van der Waals surface area contributed by atoms with Crippen LogP contribution in [0.5, 0.6) is 0 Å². The van der Waals surface area contributed by atoms with E-state index >= 15 is 0 Å². The third-order valence-electron chi connectivity index (χ3n) is 2.72. The molecule has 0 heterocycles. The number of hydrogen-bond donors (Lipinski definition) is 1. The minimum Gasteiger partial charge on any atom is -0.481 e. The molecule has 0 aliphatic rings. The van der Waals surface area contributed by atoms with Gasteiger partial charge in [-0.25, -0.2) is 8.42 Å². The summed E-state index contributed by atoms with van der Waals surface area (Å²) in [7, 11) is -2.89. The van der Waals surface area contributed by atoms with Crippen molar-refractivity contribution < 1.29 is 18.3 Å². The van der Waals surface area contributed by atoms with E-state index in [0.717, 1.165) is 16.9 Å². The summed E-state index contributed by atoms with van der Waals surface area (Å²) >= 11 is 1.56. The molecule has 19 heavy (non-hydrogen) atoms. The van der Waals surface area contributed by atoms with Gasteiger partial charge in [-0.2, -0.15) is 11.8 Å². The van der Waals surface area contributed by atoms with Crippen LogP contribution in [0.1, 0.15) is 24.0 Å².